The second-order valence-electron chi connectivity index (χ2n) is 7.04. The lowest BCUT2D eigenvalue weighted by atomic mass is 10.1. The number of hydrogen-bond donors (Lipinski definition) is 3. The van der Waals surface area contributed by atoms with Gasteiger partial charge in [0.25, 0.3) is 5.91 Å². The highest BCUT2D eigenvalue weighted by Gasteiger charge is 2.18. The van der Waals surface area contributed by atoms with Gasteiger partial charge < -0.3 is 15.6 Å². The lowest BCUT2D eigenvalue weighted by Crippen LogP contribution is -2.30. The number of aromatic amines is 1. The standard InChI is InChI=1S/C20H25N5O2/c1-13(2)10-22-20(27)19-17(12-23-25(19)3)24-18(26)9-8-14-11-21-16-7-5-4-6-15(14)16/h4-7,11-13,21H,8-10H2,1-3H3,(H,22,27)(H,24,26). The fourth-order valence-corrected chi connectivity index (χ4v) is 2.98. The van der Waals surface area contributed by atoms with Crippen LogP contribution in [0.25, 0.3) is 10.9 Å². The van der Waals surface area contributed by atoms with Crippen LogP contribution in [0.4, 0.5) is 5.69 Å². The molecule has 2 aromatic heterocycles. The van der Waals surface area contributed by atoms with Crippen molar-refractivity contribution in [3.8, 4) is 0 Å². The second kappa shape index (κ2) is 8.07. The van der Waals surface area contributed by atoms with E-state index >= 15 is 0 Å². The summed E-state index contributed by atoms with van der Waals surface area (Å²) < 4.78 is 1.48. The lowest BCUT2D eigenvalue weighted by molar-refractivity contribution is -0.116. The van der Waals surface area contributed by atoms with Gasteiger partial charge in [0.2, 0.25) is 5.91 Å². The SMILES string of the molecule is CC(C)CNC(=O)c1c(NC(=O)CCc2c[nH]c3ccccc23)cnn1C. The number of carbonyl (C=O) groups excluding carboxylic acids is 2. The highest BCUT2D eigenvalue weighted by atomic mass is 16.2. The molecule has 0 radical (unpaired) electrons. The lowest BCUT2D eigenvalue weighted by Gasteiger charge is -2.10. The average molecular weight is 367 g/mol. The van der Waals surface area contributed by atoms with Crippen LogP contribution >= 0.6 is 0 Å². The van der Waals surface area contributed by atoms with Crippen molar-refractivity contribution in [1.29, 1.82) is 0 Å². The zero-order valence-corrected chi connectivity index (χ0v) is 15.9. The molecule has 0 saturated carbocycles. The molecule has 3 aromatic rings. The third-order valence-corrected chi connectivity index (χ3v) is 4.40. The Kier molecular flexibility index (Phi) is 5.59. The molecule has 0 fully saturated rings. The summed E-state index contributed by atoms with van der Waals surface area (Å²) in [5, 5.41) is 10.9. The second-order valence-corrected chi connectivity index (χ2v) is 7.04. The molecule has 0 aliphatic heterocycles. The number of nitrogens with one attached hydrogen (secondary N) is 3. The summed E-state index contributed by atoms with van der Waals surface area (Å²) in [6.45, 7) is 4.62. The normalized spacial score (nSPS) is 11.1. The molecule has 2 heterocycles. The number of amides is 2. The van der Waals surface area contributed by atoms with Crippen LogP contribution in [0.5, 0.6) is 0 Å². The van der Waals surface area contributed by atoms with Crippen LogP contribution < -0.4 is 10.6 Å². The van der Waals surface area contributed by atoms with E-state index in [0.717, 1.165) is 16.5 Å². The number of anilines is 1. The highest BCUT2D eigenvalue weighted by Crippen LogP contribution is 2.20. The van der Waals surface area contributed by atoms with Gasteiger partial charge in [0.15, 0.2) is 0 Å². The molecule has 0 aliphatic rings. The van der Waals surface area contributed by atoms with Crippen LogP contribution in [0.1, 0.15) is 36.3 Å². The molecule has 142 valence electrons. The molecule has 0 spiro atoms. The molecular formula is C20H25N5O2. The van der Waals surface area contributed by atoms with E-state index < -0.39 is 0 Å². The summed E-state index contributed by atoms with van der Waals surface area (Å²) in [5.41, 5.74) is 2.95. The largest absolute Gasteiger partial charge is 0.361 e. The number of rotatable bonds is 7. The van der Waals surface area contributed by atoms with Crippen LogP contribution in [0.3, 0.4) is 0 Å². The van der Waals surface area contributed by atoms with Gasteiger partial charge in [0, 0.05) is 37.1 Å². The van der Waals surface area contributed by atoms with Gasteiger partial charge >= 0.3 is 0 Å². The first-order valence-corrected chi connectivity index (χ1v) is 9.10. The van der Waals surface area contributed by atoms with Gasteiger partial charge in [-0.3, -0.25) is 14.3 Å². The Labute approximate surface area is 158 Å². The molecule has 3 rings (SSSR count). The van der Waals surface area contributed by atoms with Crippen molar-refractivity contribution in [1.82, 2.24) is 20.1 Å². The molecule has 1 aromatic carbocycles. The van der Waals surface area contributed by atoms with Crippen LogP contribution in [-0.4, -0.2) is 33.1 Å². The predicted molar refractivity (Wildman–Crippen MR) is 106 cm³/mol. The van der Waals surface area contributed by atoms with Gasteiger partial charge in [0.1, 0.15) is 5.69 Å². The molecule has 27 heavy (non-hydrogen) atoms. The van der Waals surface area contributed by atoms with E-state index in [4.69, 9.17) is 0 Å². The molecule has 7 nitrogen and oxygen atoms in total. The molecular weight excluding hydrogens is 342 g/mol. The molecule has 0 aliphatic carbocycles. The number of para-hydroxylation sites is 1. The van der Waals surface area contributed by atoms with Gasteiger partial charge in [-0.05, 0) is 24.0 Å². The Morgan fingerprint density at radius 1 is 1.26 bits per heavy atom. The summed E-state index contributed by atoms with van der Waals surface area (Å²) in [6, 6.07) is 8.01. The summed E-state index contributed by atoms with van der Waals surface area (Å²) in [6.07, 6.45) is 4.38. The number of hydrogen-bond acceptors (Lipinski definition) is 3. The number of aryl methyl sites for hydroxylation is 2. The van der Waals surface area contributed by atoms with Crippen molar-refractivity contribution in [2.24, 2.45) is 13.0 Å². The zero-order chi connectivity index (χ0) is 19.4. The minimum atomic E-state index is -0.240. The van der Waals surface area contributed by atoms with E-state index in [9.17, 15) is 9.59 Å². The first-order valence-electron chi connectivity index (χ1n) is 9.10. The quantitative estimate of drug-likeness (QED) is 0.600. The maximum absolute atomic E-state index is 12.4. The maximum atomic E-state index is 12.4. The first kappa shape index (κ1) is 18.7. The topological polar surface area (TPSA) is 91.8 Å². The van der Waals surface area contributed by atoms with Gasteiger partial charge in [-0.1, -0.05) is 32.0 Å². The molecule has 0 saturated heterocycles. The molecule has 3 N–H and O–H groups in total. The Balaban J connectivity index is 1.63. The summed E-state index contributed by atoms with van der Waals surface area (Å²) in [7, 11) is 1.69. The maximum Gasteiger partial charge on any atom is 0.271 e. The Hall–Kier alpha value is -3.09. The van der Waals surface area contributed by atoms with E-state index in [1.54, 1.807) is 7.05 Å². The summed E-state index contributed by atoms with van der Waals surface area (Å²) in [5.74, 6) is -0.0433. The van der Waals surface area contributed by atoms with Crippen LogP contribution in [0.2, 0.25) is 0 Å². The number of carbonyl (C=O) groups is 2. The first-order chi connectivity index (χ1) is 13.0. The van der Waals surface area contributed by atoms with Crippen molar-refractivity contribution < 1.29 is 9.59 Å². The van der Waals surface area contributed by atoms with Crippen LogP contribution in [-0.2, 0) is 18.3 Å². The van der Waals surface area contributed by atoms with E-state index in [-0.39, 0.29) is 11.8 Å². The van der Waals surface area contributed by atoms with Crippen molar-refractivity contribution in [3.63, 3.8) is 0 Å². The summed E-state index contributed by atoms with van der Waals surface area (Å²) in [4.78, 5) is 28.0. The van der Waals surface area contributed by atoms with E-state index in [0.29, 0.717) is 36.7 Å². The third kappa shape index (κ3) is 4.36. The number of fused-ring (bicyclic) bond motifs is 1. The van der Waals surface area contributed by atoms with Gasteiger partial charge in [0.05, 0.1) is 11.9 Å². The van der Waals surface area contributed by atoms with Crippen molar-refractivity contribution in [2.45, 2.75) is 26.7 Å². The molecule has 0 unspecified atom stereocenters. The Bertz CT molecular complexity index is 954. The van der Waals surface area contributed by atoms with Gasteiger partial charge in [-0.2, -0.15) is 5.10 Å². The molecule has 7 heteroatoms. The monoisotopic (exact) mass is 367 g/mol. The fraction of sp³-hybridized carbons (Fsp3) is 0.350. The highest BCUT2D eigenvalue weighted by molar-refractivity contribution is 6.02. The molecule has 0 atom stereocenters. The van der Waals surface area contributed by atoms with Crippen LogP contribution in [0, 0.1) is 5.92 Å². The fourth-order valence-electron chi connectivity index (χ4n) is 2.98. The van der Waals surface area contributed by atoms with Crippen molar-refractivity contribution in [2.75, 3.05) is 11.9 Å². The number of H-pyrrole nitrogens is 1. The van der Waals surface area contributed by atoms with Crippen LogP contribution in [0.15, 0.2) is 36.7 Å². The average Bonchev–Trinajstić information content (AvgIpc) is 3.21. The van der Waals surface area contributed by atoms with E-state index in [1.807, 2.05) is 44.3 Å². The number of benzene rings is 1. The minimum absolute atomic E-state index is 0.147. The smallest absolute Gasteiger partial charge is 0.271 e. The van der Waals surface area contributed by atoms with Gasteiger partial charge in [-0.15, -0.1) is 0 Å². The molecule has 2 amide bonds. The Morgan fingerprint density at radius 2 is 2.04 bits per heavy atom. The summed E-state index contributed by atoms with van der Waals surface area (Å²) >= 11 is 0. The van der Waals surface area contributed by atoms with E-state index in [1.165, 1.54) is 10.9 Å². The van der Waals surface area contributed by atoms with Crippen molar-refractivity contribution in [3.05, 3.63) is 47.9 Å². The van der Waals surface area contributed by atoms with E-state index in [2.05, 4.69) is 20.7 Å². The van der Waals surface area contributed by atoms with Crippen molar-refractivity contribution >= 4 is 28.4 Å². The Morgan fingerprint density at radius 3 is 2.81 bits per heavy atom. The zero-order valence-electron chi connectivity index (χ0n) is 15.9. The number of aromatic nitrogens is 3. The molecule has 0 bridgehead atoms. The predicted octanol–water partition coefficient (Wildman–Crippen LogP) is 2.86. The van der Waals surface area contributed by atoms with Gasteiger partial charge in [-0.25, -0.2) is 0 Å². The minimum Gasteiger partial charge on any atom is -0.361 e. The number of nitrogens with zero attached hydrogens (tertiary/aromatic N) is 2. The third-order valence-electron chi connectivity index (χ3n) is 4.40.